The molecule has 1 atom stereocenters. The standard InChI is InChI=1S/C24H25N3O2S2/c28-23(17-8-12-26(13-9-17)24(29)25-18-5-2-1-3-6-18)27-14-10-20-19(11-16-31-20)22(27)21-7-4-15-30-21/h1-7,11,15-17,22H,8-10,12-14H2,(H,25,29)/t22-/m0/s1. The van der Waals surface area contributed by atoms with E-state index in [0.29, 0.717) is 25.9 Å². The molecule has 0 radical (unpaired) electrons. The fourth-order valence-corrected chi connectivity index (χ4v) is 6.35. The average molecular weight is 452 g/mol. The lowest BCUT2D eigenvalue weighted by Crippen LogP contribution is -2.48. The van der Waals surface area contributed by atoms with Crippen LogP contribution in [0.15, 0.2) is 59.3 Å². The van der Waals surface area contributed by atoms with Crippen molar-refractivity contribution in [3.63, 3.8) is 0 Å². The Bertz CT molecular complexity index is 1040. The molecule has 0 saturated carbocycles. The molecule has 2 aliphatic rings. The second-order valence-corrected chi connectivity index (χ2v) is 10.0. The van der Waals surface area contributed by atoms with Gasteiger partial charge in [0.2, 0.25) is 5.91 Å². The van der Waals surface area contributed by atoms with Crippen LogP contribution < -0.4 is 5.32 Å². The van der Waals surface area contributed by atoms with Gasteiger partial charge in [0.1, 0.15) is 0 Å². The molecule has 0 bridgehead atoms. The Kier molecular flexibility index (Phi) is 5.78. The molecule has 0 aliphatic carbocycles. The van der Waals surface area contributed by atoms with Crippen molar-refractivity contribution < 1.29 is 9.59 Å². The molecule has 1 fully saturated rings. The summed E-state index contributed by atoms with van der Waals surface area (Å²) in [5.74, 6) is 0.210. The molecule has 5 rings (SSSR count). The predicted molar refractivity (Wildman–Crippen MR) is 126 cm³/mol. The number of likely N-dealkylation sites (tertiary alicyclic amines) is 1. The van der Waals surface area contributed by atoms with Crippen LogP contribution in [0.1, 0.15) is 34.2 Å². The number of nitrogens with one attached hydrogen (secondary N) is 1. The van der Waals surface area contributed by atoms with Crippen LogP contribution in [-0.4, -0.2) is 41.4 Å². The van der Waals surface area contributed by atoms with Crippen molar-refractivity contribution in [1.82, 2.24) is 9.80 Å². The van der Waals surface area contributed by atoms with Crippen molar-refractivity contribution in [3.8, 4) is 0 Å². The minimum absolute atomic E-state index is 0.0246. The molecule has 1 N–H and O–H groups in total. The maximum absolute atomic E-state index is 13.6. The predicted octanol–water partition coefficient (Wildman–Crippen LogP) is 5.23. The number of carbonyl (C=O) groups is 2. The van der Waals surface area contributed by atoms with Crippen LogP contribution in [0.5, 0.6) is 0 Å². The summed E-state index contributed by atoms with van der Waals surface area (Å²) in [7, 11) is 0. The number of carbonyl (C=O) groups excluding carboxylic acids is 2. The molecule has 4 heterocycles. The zero-order valence-electron chi connectivity index (χ0n) is 17.2. The van der Waals surface area contributed by atoms with E-state index in [9.17, 15) is 9.59 Å². The number of hydrogen-bond acceptors (Lipinski definition) is 4. The molecule has 2 aromatic heterocycles. The van der Waals surface area contributed by atoms with Gasteiger partial charge in [-0.3, -0.25) is 4.79 Å². The van der Waals surface area contributed by atoms with Crippen LogP contribution in [-0.2, 0) is 11.2 Å². The Morgan fingerprint density at radius 1 is 0.903 bits per heavy atom. The summed E-state index contributed by atoms with van der Waals surface area (Å²) in [4.78, 5) is 32.7. The molecule has 2 aliphatic heterocycles. The minimum Gasteiger partial charge on any atom is -0.330 e. The van der Waals surface area contributed by atoms with Crippen molar-refractivity contribution in [3.05, 3.63) is 74.6 Å². The zero-order chi connectivity index (χ0) is 21.2. The van der Waals surface area contributed by atoms with Crippen LogP contribution in [0.4, 0.5) is 10.5 Å². The van der Waals surface area contributed by atoms with Gasteiger partial charge in [-0.15, -0.1) is 22.7 Å². The van der Waals surface area contributed by atoms with Gasteiger partial charge in [0.15, 0.2) is 0 Å². The molecule has 5 nitrogen and oxygen atoms in total. The fraction of sp³-hybridized carbons (Fsp3) is 0.333. The van der Waals surface area contributed by atoms with Crippen molar-refractivity contribution in [2.24, 2.45) is 5.92 Å². The maximum atomic E-state index is 13.6. The van der Waals surface area contributed by atoms with E-state index in [-0.39, 0.29) is 23.9 Å². The van der Waals surface area contributed by atoms with Gasteiger partial charge in [0.05, 0.1) is 6.04 Å². The first kappa shape index (κ1) is 20.3. The quantitative estimate of drug-likeness (QED) is 0.593. The summed E-state index contributed by atoms with van der Waals surface area (Å²) < 4.78 is 0. The Hall–Kier alpha value is -2.64. The Labute approximate surface area is 190 Å². The summed E-state index contributed by atoms with van der Waals surface area (Å²) in [6.45, 7) is 1.98. The second kappa shape index (κ2) is 8.85. The van der Waals surface area contributed by atoms with Crippen molar-refractivity contribution in [2.75, 3.05) is 25.0 Å². The normalized spacial score (nSPS) is 19.2. The molecule has 7 heteroatoms. The molecular weight excluding hydrogens is 426 g/mol. The number of thiophene rings is 2. The van der Waals surface area contributed by atoms with Crippen LogP contribution in [0.3, 0.4) is 0 Å². The largest absolute Gasteiger partial charge is 0.330 e. The number of benzene rings is 1. The molecule has 1 aromatic carbocycles. The highest BCUT2D eigenvalue weighted by molar-refractivity contribution is 7.10. The lowest BCUT2D eigenvalue weighted by molar-refractivity contribution is -0.139. The van der Waals surface area contributed by atoms with Crippen molar-refractivity contribution >= 4 is 40.3 Å². The lowest BCUT2D eigenvalue weighted by atomic mass is 9.91. The molecule has 160 valence electrons. The third kappa shape index (κ3) is 4.12. The summed E-state index contributed by atoms with van der Waals surface area (Å²) in [6.07, 6.45) is 2.36. The SMILES string of the molecule is O=C(Nc1ccccc1)N1CCC(C(=O)N2CCc3sccc3[C@H]2c2cccs2)CC1. The number of amides is 3. The first-order valence-corrected chi connectivity index (χ1v) is 12.5. The number of fused-ring (bicyclic) bond motifs is 1. The number of nitrogens with zero attached hydrogens (tertiary/aromatic N) is 2. The van der Waals surface area contributed by atoms with E-state index in [1.54, 1.807) is 22.7 Å². The van der Waals surface area contributed by atoms with E-state index in [1.807, 2.05) is 35.2 Å². The fourth-order valence-electron chi connectivity index (χ4n) is 4.60. The maximum Gasteiger partial charge on any atom is 0.321 e. The Morgan fingerprint density at radius 3 is 2.45 bits per heavy atom. The van der Waals surface area contributed by atoms with Gasteiger partial charge in [-0.1, -0.05) is 24.3 Å². The third-order valence-corrected chi connectivity index (χ3v) is 8.14. The van der Waals surface area contributed by atoms with Gasteiger partial charge in [-0.25, -0.2) is 4.79 Å². The number of urea groups is 1. The van der Waals surface area contributed by atoms with Gasteiger partial charge < -0.3 is 15.1 Å². The molecule has 31 heavy (non-hydrogen) atoms. The highest BCUT2D eigenvalue weighted by Crippen LogP contribution is 2.40. The second-order valence-electron chi connectivity index (χ2n) is 8.06. The summed E-state index contributed by atoms with van der Waals surface area (Å²) in [5.41, 5.74) is 2.08. The topological polar surface area (TPSA) is 52.7 Å². The molecule has 1 saturated heterocycles. The minimum atomic E-state index is -0.0885. The van der Waals surface area contributed by atoms with E-state index in [2.05, 4.69) is 39.2 Å². The van der Waals surface area contributed by atoms with E-state index in [4.69, 9.17) is 0 Å². The number of hydrogen-bond donors (Lipinski definition) is 1. The summed E-state index contributed by atoms with van der Waals surface area (Å²) in [6, 6.07) is 15.8. The third-order valence-electron chi connectivity index (χ3n) is 6.22. The van der Waals surface area contributed by atoms with Crippen LogP contribution in [0, 0.1) is 5.92 Å². The monoisotopic (exact) mass is 451 g/mol. The summed E-state index contributed by atoms with van der Waals surface area (Å²) >= 11 is 3.51. The number of anilines is 1. The van der Waals surface area contributed by atoms with E-state index >= 15 is 0 Å². The highest BCUT2D eigenvalue weighted by atomic mass is 32.1. The van der Waals surface area contributed by atoms with Crippen LogP contribution in [0.2, 0.25) is 0 Å². The number of piperidine rings is 1. The highest BCUT2D eigenvalue weighted by Gasteiger charge is 2.37. The molecule has 3 amide bonds. The smallest absolute Gasteiger partial charge is 0.321 e. The van der Waals surface area contributed by atoms with Crippen LogP contribution in [0.25, 0.3) is 0 Å². The molecular formula is C24H25N3O2S2. The van der Waals surface area contributed by atoms with E-state index in [1.165, 1.54) is 15.3 Å². The van der Waals surface area contributed by atoms with Crippen molar-refractivity contribution in [2.45, 2.75) is 25.3 Å². The van der Waals surface area contributed by atoms with Gasteiger partial charge in [-0.2, -0.15) is 0 Å². The van der Waals surface area contributed by atoms with Crippen molar-refractivity contribution in [1.29, 1.82) is 0 Å². The number of rotatable bonds is 3. The van der Waals surface area contributed by atoms with Gasteiger partial charge >= 0.3 is 6.03 Å². The summed E-state index contributed by atoms with van der Waals surface area (Å²) in [5, 5.41) is 7.17. The van der Waals surface area contributed by atoms with E-state index in [0.717, 1.165) is 18.7 Å². The Morgan fingerprint density at radius 2 is 1.71 bits per heavy atom. The lowest BCUT2D eigenvalue weighted by Gasteiger charge is -2.39. The molecule has 3 aromatic rings. The molecule has 0 spiro atoms. The first-order valence-electron chi connectivity index (χ1n) is 10.7. The van der Waals surface area contributed by atoms with Gasteiger partial charge in [0, 0.05) is 41.0 Å². The number of para-hydroxylation sites is 1. The average Bonchev–Trinajstić information content (AvgIpc) is 3.51. The zero-order valence-corrected chi connectivity index (χ0v) is 18.8. The van der Waals surface area contributed by atoms with Crippen LogP contribution >= 0.6 is 22.7 Å². The van der Waals surface area contributed by atoms with E-state index < -0.39 is 0 Å². The first-order chi connectivity index (χ1) is 15.2. The Balaban J connectivity index is 1.25. The molecule has 0 unspecified atom stereocenters. The van der Waals surface area contributed by atoms with Gasteiger partial charge in [-0.05, 0) is 59.9 Å². The van der Waals surface area contributed by atoms with Gasteiger partial charge in [0.25, 0.3) is 0 Å².